The number of fused-ring (bicyclic) bond motifs is 18. The smallest absolute Gasteiger partial charge is 0.135 e. The summed E-state index contributed by atoms with van der Waals surface area (Å²) in [5.74, 6) is 0. The third-order valence-electron chi connectivity index (χ3n) is 17.7. The number of hydrogen-bond acceptors (Lipinski definition) is 4. The van der Waals surface area contributed by atoms with Crippen molar-refractivity contribution < 1.29 is 17.7 Å². The van der Waals surface area contributed by atoms with Crippen LogP contribution in [0.3, 0.4) is 0 Å². The predicted molar refractivity (Wildman–Crippen MR) is 346 cm³/mol. The molecule has 19 rings (SSSR count). The van der Waals surface area contributed by atoms with Crippen molar-refractivity contribution in [2.75, 3.05) is 0 Å². The summed E-state index contributed by atoms with van der Waals surface area (Å²) in [5.41, 5.74) is 22.8. The summed E-state index contributed by atoms with van der Waals surface area (Å²) in [6.07, 6.45) is 0. The van der Waals surface area contributed by atoms with Crippen molar-refractivity contribution in [2.45, 2.75) is 0 Å². The monoisotopic (exact) mass is 1070 g/mol. The number of hydrogen-bond donors (Lipinski definition) is 0. The molecule has 0 aliphatic carbocycles. The van der Waals surface area contributed by atoms with Crippen LogP contribution in [0.5, 0.6) is 0 Å². The van der Waals surface area contributed by atoms with Gasteiger partial charge in [-0.25, -0.2) is 0 Å². The maximum absolute atomic E-state index is 6.46. The highest BCUT2D eigenvalue weighted by Gasteiger charge is 2.19. The van der Waals surface area contributed by atoms with Crippen molar-refractivity contribution in [3.8, 4) is 55.9 Å². The average molecular weight is 1070 g/mol. The van der Waals surface area contributed by atoms with E-state index in [-0.39, 0.29) is 0 Å². The molecule has 6 aromatic heterocycles. The van der Waals surface area contributed by atoms with Gasteiger partial charge in [-0.05, 0) is 178 Å². The largest absolute Gasteiger partial charge is 0.456 e. The van der Waals surface area contributed by atoms with Gasteiger partial charge in [-0.2, -0.15) is 0 Å². The summed E-state index contributed by atoms with van der Waals surface area (Å²) in [4.78, 5) is 0. The van der Waals surface area contributed by atoms with Crippen molar-refractivity contribution in [1.82, 2.24) is 9.13 Å². The molecular formula is C78H44N2O4. The summed E-state index contributed by atoms with van der Waals surface area (Å²) < 4.78 is 30.6. The average Bonchev–Trinajstić information content (AvgIpc) is 2.52. The van der Waals surface area contributed by atoms with Crippen LogP contribution < -0.4 is 0 Å². The van der Waals surface area contributed by atoms with Gasteiger partial charge in [-0.3, -0.25) is 0 Å². The van der Waals surface area contributed by atoms with E-state index in [4.69, 9.17) is 17.7 Å². The number of rotatable bonds is 6. The van der Waals surface area contributed by atoms with Crippen LogP contribution in [0.2, 0.25) is 0 Å². The van der Waals surface area contributed by atoms with Gasteiger partial charge in [0.2, 0.25) is 0 Å². The van der Waals surface area contributed by atoms with Gasteiger partial charge in [-0.1, -0.05) is 133 Å². The molecule has 0 fully saturated rings. The van der Waals surface area contributed by atoms with Crippen LogP contribution in [0.25, 0.3) is 187 Å². The zero-order valence-electron chi connectivity index (χ0n) is 44.9. The maximum Gasteiger partial charge on any atom is 0.135 e. The van der Waals surface area contributed by atoms with Gasteiger partial charge in [0.15, 0.2) is 0 Å². The van der Waals surface area contributed by atoms with Gasteiger partial charge in [0.05, 0.1) is 22.1 Å². The molecule has 390 valence electrons. The molecule has 6 heteroatoms. The standard InChI is InChI=1S/C78H44N2O4/c1-5-13-67-55(9-1)56-10-2-6-14-68(56)79(67)53-27-35-77-65(43-53)63-41-51(25-33-75(63)83-77)49-23-31-73-61(39-49)59-37-47(21-29-71(59)81-73)45-17-19-46(20-18-45)48-22-30-72-60(38-48)62-40-50(24-32-74(62)82-72)52-26-34-76-64(42-52)66-44-54(28-36-78(66)84-76)80-69-15-7-3-11-57(69)58-12-4-8-16-70(58)80/h1-44H. The summed E-state index contributed by atoms with van der Waals surface area (Å²) >= 11 is 0. The summed E-state index contributed by atoms with van der Waals surface area (Å²) in [6.45, 7) is 0. The van der Waals surface area contributed by atoms with Gasteiger partial charge in [-0.15, -0.1) is 0 Å². The van der Waals surface area contributed by atoms with E-state index < -0.39 is 0 Å². The highest BCUT2D eigenvalue weighted by molar-refractivity contribution is 6.14. The second-order valence-electron chi connectivity index (χ2n) is 22.4. The molecule has 0 aliphatic heterocycles. The number of para-hydroxylation sites is 4. The van der Waals surface area contributed by atoms with E-state index in [9.17, 15) is 0 Å². The molecule has 0 atom stereocenters. The zero-order valence-corrected chi connectivity index (χ0v) is 44.9. The Labute approximate surface area is 478 Å². The van der Waals surface area contributed by atoms with Gasteiger partial charge in [0.25, 0.3) is 0 Å². The van der Waals surface area contributed by atoms with E-state index in [1.165, 1.54) is 43.6 Å². The second-order valence-corrected chi connectivity index (χ2v) is 22.4. The van der Waals surface area contributed by atoms with Crippen molar-refractivity contribution in [3.63, 3.8) is 0 Å². The first-order valence-electron chi connectivity index (χ1n) is 28.5. The molecule has 0 N–H and O–H groups in total. The minimum absolute atomic E-state index is 0.860. The fraction of sp³-hybridized carbons (Fsp3) is 0. The van der Waals surface area contributed by atoms with Gasteiger partial charge in [0.1, 0.15) is 44.7 Å². The molecule has 6 nitrogen and oxygen atoms in total. The van der Waals surface area contributed by atoms with Crippen molar-refractivity contribution in [1.29, 1.82) is 0 Å². The highest BCUT2D eigenvalue weighted by atomic mass is 16.3. The van der Waals surface area contributed by atoms with Gasteiger partial charge in [0, 0.05) is 76.0 Å². The molecule has 0 aliphatic rings. The minimum Gasteiger partial charge on any atom is -0.456 e. The van der Waals surface area contributed by atoms with Crippen LogP contribution in [0.15, 0.2) is 285 Å². The summed E-state index contributed by atoms with van der Waals surface area (Å²) in [5, 5.41) is 13.6. The van der Waals surface area contributed by atoms with Crippen molar-refractivity contribution in [3.05, 3.63) is 267 Å². The molecule has 0 unspecified atom stereocenters. The predicted octanol–water partition coefficient (Wildman–Crippen LogP) is 22.1. The van der Waals surface area contributed by atoms with Crippen molar-refractivity contribution in [2.24, 2.45) is 0 Å². The molecule has 84 heavy (non-hydrogen) atoms. The Hall–Kier alpha value is -11.3. The Morgan fingerprint density at radius 1 is 0.167 bits per heavy atom. The molecule has 0 bridgehead atoms. The number of benzene rings is 13. The van der Waals surface area contributed by atoms with Crippen LogP contribution in [0, 0.1) is 0 Å². The molecule has 0 spiro atoms. The van der Waals surface area contributed by atoms with E-state index >= 15 is 0 Å². The quantitative estimate of drug-likeness (QED) is 0.166. The van der Waals surface area contributed by atoms with E-state index in [0.717, 1.165) is 144 Å². The fourth-order valence-electron chi connectivity index (χ4n) is 13.7. The number of aromatic nitrogens is 2. The lowest BCUT2D eigenvalue weighted by Crippen LogP contribution is -1.93. The maximum atomic E-state index is 6.46. The Bertz CT molecular complexity index is 5520. The normalized spacial score (nSPS) is 12.3. The molecule has 0 saturated heterocycles. The SMILES string of the molecule is c1ccc2c(c1)c1ccccc1n2-c1ccc2oc3ccc(-c4ccc5oc6ccc(-c7ccc(-c8ccc9oc%10ccc(-c%11ccc%12oc%13ccc(-n%14c%15ccccc%15c%15ccccc%15%14)cc%13c%12c%11)cc%10c9c8)cc7)cc6c5c4)cc3c2c1. The van der Waals surface area contributed by atoms with Crippen LogP contribution in [-0.2, 0) is 0 Å². The number of furan rings is 4. The molecular weight excluding hydrogens is 1030 g/mol. The molecule has 0 radical (unpaired) electrons. The Morgan fingerprint density at radius 3 is 0.631 bits per heavy atom. The van der Waals surface area contributed by atoms with E-state index in [1.54, 1.807) is 0 Å². The second kappa shape index (κ2) is 17.1. The molecule has 6 heterocycles. The first-order valence-corrected chi connectivity index (χ1v) is 28.5. The zero-order chi connectivity index (χ0) is 54.7. The van der Waals surface area contributed by atoms with E-state index in [0.29, 0.717) is 0 Å². The van der Waals surface area contributed by atoms with E-state index in [2.05, 4.69) is 276 Å². The fourth-order valence-corrected chi connectivity index (χ4v) is 13.7. The Balaban J connectivity index is 0.631. The third-order valence-corrected chi connectivity index (χ3v) is 17.7. The van der Waals surface area contributed by atoms with Gasteiger partial charge < -0.3 is 26.8 Å². The van der Waals surface area contributed by atoms with Crippen LogP contribution in [0.4, 0.5) is 0 Å². The first kappa shape index (κ1) is 45.4. The topological polar surface area (TPSA) is 62.4 Å². The summed E-state index contributed by atoms with van der Waals surface area (Å²) in [7, 11) is 0. The third kappa shape index (κ3) is 6.67. The molecule has 0 saturated carbocycles. The Morgan fingerprint density at radius 2 is 0.369 bits per heavy atom. The van der Waals surface area contributed by atoms with E-state index in [1.807, 2.05) is 0 Å². The van der Waals surface area contributed by atoms with Crippen LogP contribution in [0.1, 0.15) is 0 Å². The number of nitrogens with zero attached hydrogens (tertiary/aromatic N) is 2. The summed E-state index contributed by atoms with van der Waals surface area (Å²) in [6, 6.07) is 95.7. The van der Waals surface area contributed by atoms with Crippen LogP contribution >= 0.6 is 0 Å². The van der Waals surface area contributed by atoms with Crippen LogP contribution in [-0.4, -0.2) is 9.13 Å². The first-order chi connectivity index (χ1) is 41.6. The lowest BCUT2D eigenvalue weighted by molar-refractivity contribution is 0.668. The molecule has 19 aromatic rings. The van der Waals surface area contributed by atoms with Crippen molar-refractivity contribution >= 4 is 131 Å². The lowest BCUT2D eigenvalue weighted by Gasteiger charge is -2.08. The minimum atomic E-state index is 0.860. The lowest BCUT2D eigenvalue weighted by atomic mass is 9.97. The molecule has 13 aromatic carbocycles. The van der Waals surface area contributed by atoms with Gasteiger partial charge >= 0.3 is 0 Å². The Kier molecular flexibility index (Phi) is 9.24. The highest BCUT2D eigenvalue weighted by Crippen LogP contribution is 2.43. The molecule has 0 amide bonds.